The predicted molar refractivity (Wildman–Crippen MR) is 166 cm³/mol. The normalized spacial score (nSPS) is 15.6. The molecule has 1 saturated heterocycles. The standard InChI is InChI=1S/C34H41N5O2/c1-24(30-23-35-31-12-8-7-11-29(30)31)32(33(40)36-28-15-13-25(14-16-28)17-20-38(2)3)37-34(41)39-21-18-27(19-22-39)26-9-5-4-6-10-26/h4-16,23-24,27,32,35H,17-22H2,1-3H3,(H,36,40)(H,37,41)/t24-,32-/m1/s1. The molecule has 1 aliphatic rings. The summed E-state index contributed by atoms with van der Waals surface area (Å²) in [5.41, 5.74) is 5.27. The topological polar surface area (TPSA) is 80.5 Å². The molecule has 7 nitrogen and oxygen atoms in total. The van der Waals surface area contributed by atoms with E-state index < -0.39 is 6.04 Å². The van der Waals surface area contributed by atoms with E-state index in [1.54, 1.807) is 0 Å². The van der Waals surface area contributed by atoms with Crippen LogP contribution in [-0.4, -0.2) is 66.5 Å². The molecule has 7 heteroatoms. The minimum atomic E-state index is -0.748. The van der Waals surface area contributed by atoms with E-state index in [4.69, 9.17) is 0 Å². The van der Waals surface area contributed by atoms with Gasteiger partial charge in [-0.15, -0.1) is 0 Å². The largest absolute Gasteiger partial charge is 0.361 e. The molecule has 0 radical (unpaired) electrons. The zero-order valence-electron chi connectivity index (χ0n) is 24.3. The van der Waals surface area contributed by atoms with E-state index >= 15 is 0 Å². The fraction of sp³-hybridized carbons (Fsp3) is 0.353. The van der Waals surface area contributed by atoms with Crippen molar-refractivity contribution in [2.75, 3.05) is 39.0 Å². The number of amides is 3. The number of rotatable bonds is 9. The summed E-state index contributed by atoms with van der Waals surface area (Å²) in [4.78, 5) is 34.6. The van der Waals surface area contributed by atoms with Gasteiger partial charge in [-0.3, -0.25) is 4.79 Å². The van der Waals surface area contributed by atoms with Crippen LogP contribution < -0.4 is 10.6 Å². The lowest BCUT2D eigenvalue weighted by Crippen LogP contribution is -2.53. The van der Waals surface area contributed by atoms with Crippen LogP contribution in [0, 0.1) is 0 Å². The van der Waals surface area contributed by atoms with Gasteiger partial charge in [0.15, 0.2) is 0 Å². The summed E-state index contributed by atoms with van der Waals surface area (Å²) in [5.74, 6) is -0.0298. The number of likely N-dealkylation sites (N-methyl/N-ethyl adjacent to an activating group) is 1. The molecule has 0 unspecified atom stereocenters. The number of para-hydroxylation sites is 1. The minimum absolute atomic E-state index is 0.192. The van der Waals surface area contributed by atoms with Crippen molar-refractivity contribution in [3.8, 4) is 0 Å². The van der Waals surface area contributed by atoms with Crippen LogP contribution >= 0.6 is 0 Å². The van der Waals surface area contributed by atoms with Crippen molar-refractivity contribution in [1.29, 1.82) is 0 Å². The van der Waals surface area contributed by atoms with Crippen LogP contribution in [0.5, 0.6) is 0 Å². The van der Waals surface area contributed by atoms with E-state index in [9.17, 15) is 9.59 Å². The van der Waals surface area contributed by atoms with Crippen molar-refractivity contribution < 1.29 is 9.59 Å². The molecule has 214 valence electrons. The highest BCUT2D eigenvalue weighted by atomic mass is 16.2. The van der Waals surface area contributed by atoms with Crippen molar-refractivity contribution in [2.24, 2.45) is 0 Å². The maximum atomic E-state index is 13.8. The SMILES string of the molecule is C[C@H](c1c[nH]c2ccccc12)[C@@H](NC(=O)N1CCC(c2ccccc2)CC1)C(=O)Nc1ccc(CCN(C)C)cc1. The molecule has 0 bridgehead atoms. The zero-order chi connectivity index (χ0) is 28.8. The van der Waals surface area contributed by atoms with E-state index in [1.165, 1.54) is 11.1 Å². The highest BCUT2D eigenvalue weighted by Crippen LogP contribution is 2.30. The highest BCUT2D eigenvalue weighted by Gasteiger charge is 2.32. The van der Waals surface area contributed by atoms with E-state index in [0.717, 1.165) is 48.0 Å². The fourth-order valence-electron chi connectivity index (χ4n) is 5.76. The van der Waals surface area contributed by atoms with E-state index in [0.29, 0.717) is 19.0 Å². The van der Waals surface area contributed by atoms with Crippen LogP contribution in [-0.2, 0) is 11.2 Å². The summed E-state index contributed by atoms with van der Waals surface area (Å²) in [6.45, 7) is 4.29. The number of likely N-dealkylation sites (tertiary alicyclic amines) is 1. The molecule has 0 saturated carbocycles. The molecule has 41 heavy (non-hydrogen) atoms. The number of anilines is 1. The summed E-state index contributed by atoms with van der Waals surface area (Å²) in [6.07, 6.45) is 4.71. The van der Waals surface area contributed by atoms with Crippen LogP contribution in [0.15, 0.2) is 85.1 Å². The zero-order valence-corrected chi connectivity index (χ0v) is 24.3. The number of carbonyl (C=O) groups excluding carboxylic acids is 2. The molecular formula is C34H41N5O2. The second-order valence-corrected chi connectivity index (χ2v) is 11.4. The Labute approximate surface area is 242 Å². The molecule has 0 aliphatic carbocycles. The Morgan fingerprint density at radius 3 is 2.34 bits per heavy atom. The van der Waals surface area contributed by atoms with Gasteiger partial charge in [-0.1, -0.05) is 67.6 Å². The molecule has 4 aromatic rings. The monoisotopic (exact) mass is 551 g/mol. The molecule has 3 amide bonds. The Kier molecular flexibility index (Phi) is 9.04. The van der Waals surface area contributed by atoms with Crippen LogP contribution in [0.3, 0.4) is 0 Å². The number of aromatic nitrogens is 1. The van der Waals surface area contributed by atoms with Gasteiger partial charge in [0.1, 0.15) is 6.04 Å². The Hall–Kier alpha value is -4.10. The second-order valence-electron chi connectivity index (χ2n) is 11.4. The smallest absolute Gasteiger partial charge is 0.318 e. The Morgan fingerprint density at radius 1 is 0.951 bits per heavy atom. The summed E-state index contributed by atoms with van der Waals surface area (Å²) < 4.78 is 0. The van der Waals surface area contributed by atoms with E-state index in [-0.39, 0.29) is 17.9 Å². The van der Waals surface area contributed by atoms with Crippen molar-refractivity contribution in [3.63, 3.8) is 0 Å². The van der Waals surface area contributed by atoms with E-state index in [2.05, 4.69) is 64.9 Å². The van der Waals surface area contributed by atoms with Crippen LogP contribution in [0.4, 0.5) is 10.5 Å². The first-order valence-corrected chi connectivity index (χ1v) is 14.6. The molecule has 1 aliphatic heterocycles. The third-order valence-corrected chi connectivity index (χ3v) is 8.30. The van der Waals surface area contributed by atoms with Gasteiger partial charge in [0.05, 0.1) is 0 Å². The number of carbonyl (C=O) groups is 2. The number of hydrogen-bond acceptors (Lipinski definition) is 3. The van der Waals surface area contributed by atoms with Gasteiger partial charge in [-0.2, -0.15) is 0 Å². The molecular weight excluding hydrogens is 510 g/mol. The number of nitrogens with one attached hydrogen (secondary N) is 3. The summed E-state index contributed by atoms with van der Waals surface area (Å²) in [6, 6.07) is 25.6. The number of piperidine rings is 1. The van der Waals surface area contributed by atoms with Gasteiger partial charge >= 0.3 is 6.03 Å². The van der Waals surface area contributed by atoms with Crippen LogP contribution in [0.25, 0.3) is 10.9 Å². The number of benzene rings is 3. The average Bonchev–Trinajstić information content (AvgIpc) is 3.44. The van der Waals surface area contributed by atoms with Gasteiger partial charge in [-0.05, 0) is 74.2 Å². The van der Waals surface area contributed by atoms with Gasteiger partial charge < -0.3 is 25.4 Å². The fourth-order valence-corrected chi connectivity index (χ4v) is 5.76. The number of fused-ring (bicyclic) bond motifs is 1. The number of urea groups is 1. The van der Waals surface area contributed by atoms with Gasteiger partial charge in [0.2, 0.25) is 5.91 Å². The Bertz CT molecular complexity index is 1440. The van der Waals surface area contributed by atoms with Crippen LogP contribution in [0.1, 0.15) is 48.3 Å². The number of nitrogens with zero attached hydrogens (tertiary/aromatic N) is 2. The molecule has 0 spiro atoms. The average molecular weight is 552 g/mol. The summed E-state index contributed by atoms with van der Waals surface area (Å²) >= 11 is 0. The molecule has 5 rings (SSSR count). The van der Waals surface area contributed by atoms with Gasteiger partial charge in [0, 0.05) is 48.3 Å². The minimum Gasteiger partial charge on any atom is -0.361 e. The van der Waals surface area contributed by atoms with Gasteiger partial charge in [0.25, 0.3) is 0 Å². The first kappa shape index (κ1) is 28.4. The van der Waals surface area contributed by atoms with Crippen molar-refractivity contribution >= 4 is 28.5 Å². The molecule has 2 atom stereocenters. The number of aromatic amines is 1. The molecule has 3 N–H and O–H groups in total. The quantitative estimate of drug-likeness (QED) is 0.240. The molecule has 1 aromatic heterocycles. The van der Waals surface area contributed by atoms with Crippen molar-refractivity contribution in [2.45, 2.75) is 44.1 Å². The first-order valence-electron chi connectivity index (χ1n) is 14.6. The summed E-state index contributed by atoms with van der Waals surface area (Å²) in [5, 5.41) is 7.24. The van der Waals surface area contributed by atoms with Crippen molar-refractivity contribution in [1.82, 2.24) is 20.1 Å². The van der Waals surface area contributed by atoms with Gasteiger partial charge in [-0.25, -0.2) is 4.79 Å². The highest BCUT2D eigenvalue weighted by molar-refractivity contribution is 5.98. The first-order chi connectivity index (χ1) is 19.9. The lowest BCUT2D eigenvalue weighted by atomic mass is 9.89. The predicted octanol–water partition coefficient (Wildman–Crippen LogP) is 5.97. The Morgan fingerprint density at radius 2 is 1.63 bits per heavy atom. The maximum absolute atomic E-state index is 13.8. The molecule has 2 heterocycles. The van der Waals surface area contributed by atoms with Crippen LogP contribution in [0.2, 0.25) is 0 Å². The number of H-pyrrole nitrogens is 1. The molecule has 1 fully saturated rings. The number of hydrogen-bond donors (Lipinski definition) is 3. The summed E-state index contributed by atoms with van der Waals surface area (Å²) in [7, 11) is 4.12. The molecule has 3 aromatic carbocycles. The third kappa shape index (κ3) is 6.98. The second kappa shape index (κ2) is 13.0. The lowest BCUT2D eigenvalue weighted by Gasteiger charge is -2.34. The van der Waals surface area contributed by atoms with E-state index in [1.807, 2.05) is 66.6 Å². The van der Waals surface area contributed by atoms with Crippen molar-refractivity contribution in [3.05, 3.63) is 102 Å². The third-order valence-electron chi connectivity index (χ3n) is 8.30. The lowest BCUT2D eigenvalue weighted by molar-refractivity contribution is -0.118. The maximum Gasteiger partial charge on any atom is 0.318 e. The Balaban J connectivity index is 1.30.